The Morgan fingerprint density at radius 3 is 2.47 bits per heavy atom. The fourth-order valence-corrected chi connectivity index (χ4v) is 3.55. The first-order valence-corrected chi connectivity index (χ1v) is 12.2. The van der Waals surface area contributed by atoms with Crippen molar-refractivity contribution < 1.29 is 23.5 Å². The summed E-state index contributed by atoms with van der Waals surface area (Å²) in [5.74, 6) is 5.52. The smallest absolute Gasteiger partial charge is 0.213 e. The van der Waals surface area contributed by atoms with E-state index in [1.165, 1.54) is 18.0 Å². The molecule has 2 aromatic carbocycles. The third-order valence-corrected chi connectivity index (χ3v) is 5.40. The van der Waals surface area contributed by atoms with Crippen LogP contribution in [-0.2, 0) is 20.9 Å². The Morgan fingerprint density at radius 2 is 1.92 bits per heavy atom. The number of hydrogen-bond donors (Lipinski definition) is 3. The van der Waals surface area contributed by atoms with Gasteiger partial charge in [-0.05, 0) is 25.5 Å². The first kappa shape index (κ1) is 32.3. The number of rotatable bonds is 11. The second kappa shape index (κ2) is 17.7. The Bertz CT molecular complexity index is 1010. The molecule has 0 spiro atoms. The maximum atomic E-state index is 14.5. The summed E-state index contributed by atoms with van der Waals surface area (Å²) in [5.41, 5.74) is 11.6. The van der Waals surface area contributed by atoms with Crippen LogP contribution in [-0.4, -0.2) is 70.7 Å². The Labute approximate surface area is 223 Å². The third kappa shape index (κ3) is 10.3. The molecule has 6 N–H and O–H groups in total. The number of aldehydes is 1. The van der Waals surface area contributed by atoms with Crippen molar-refractivity contribution in [2.45, 2.75) is 32.4 Å². The van der Waals surface area contributed by atoms with Crippen LogP contribution in [0.5, 0.6) is 5.75 Å². The van der Waals surface area contributed by atoms with Crippen LogP contribution in [0.4, 0.5) is 15.8 Å². The Hall–Kier alpha value is -3.74. The molecule has 1 atom stereocenters. The standard InChI is InChI=1S/C16H23FN2O3.C9H12N4O.CH5N/c1-4-7-22-16-9-14(19-6-5-12(10-19)21-3)13(17)8-15(16)18(2)11-20;10-9(7-14)12-13(11)6-8-4-2-1-3-5-8;1-2/h8-9,11-12H,4-7,10H2,1-3H3;1-5,7H,6,11H2,(H2,10,12);2H2,1H3. The van der Waals surface area contributed by atoms with Crippen molar-refractivity contribution in [1.29, 1.82) is 0 Å². The number of methoxy groups -OCH3 is 1. The second-order valence-corrected chi connectivity index (χ2v) is 8.15. The van der Waals surface area contributed by atoms with E-state index in [2.05, 4.69) is 10.8 Å². The number of benzene rings is 2. The van der Waals surface area contributed by atoms with E-state index >= 15 is 0 Å². The maximum Gasteiger partial charge on any atom is 0.213 e. The highest BCUT2D eigenvalue weighted by Gasteiger charge is 2.26. The van der Waals surface area contributed by atoms with E-state index in [9.17, 15) is 14.0 Å². The second-order valence-electron chi connectivity index (χ2n) is 8.15. The lowest BCUT2D eigenvalue weighted by Crippen LogP contribution is -2.29. The number of nitrogens with two attached hydrogens (primary N) is 3. The largest absolute Gasteiger partial charge is 0.491 e. The SMILES string of the molecule is CCCOc1cc(N2CCC(OC)C2)c(F)cc1N(C)C=O.CN.N/C(C=O)=N\N(N)Cc1ccccc1. The molecule has 1 aliphatic rings. The van der Waals surface area contributed by atoms with Gasteiger partial charge in [0.25, 0.3) is 0 Å². The molecule has 0 aromatic heterocycles. The number of hydrazine groups is 1. The van der Waals surface area contributed by atoms with Gasteiger partial charge in [-0.1, -0.05) is 37.3 Å². The van der Waals surface area contributed by atoms with Crippen molar-refractivity contribution in [3.63, 3.8) is 0 Å². The van der Waals surface area contributed by atoms with E-state index in [0.29, 0.717) is 49.5 Å². The van der Waals surface area contributed by atoms with E-state index in [1.54, 1.807) is 20.2 Å². The zero-order valence-corrected chi connectivity index (χ0v) is 22.5. The van der Waals surface area contributed by atoms with Crippen molar-refractivity contribution in [1.82, 2.24) is 5.12 Å². The van der Waals surface area contributed by atoms with Gasteiger partial charge in [-0.3, -0.25) is 9.59 Å². The number of amidine groups is 1. The van der Waals surface area contributed by atoms with Gasteiger partial charge >= 0.3 is 0 Å². The highest BCUT2D eigenvalue weighted by molar-refractivity contribution is 6.26. The molecule has 1 unspecified atom stereocenters. The van der Waals surface area contributed by atoms with Gasteiger partial charge in [0.2, 0.25) is 6.41 Å². The highest BCUT2D eigenvalue weighted by atomic mass is 19.1. The number of carbonyl (C=O) groups excluding carboxylic acids is 2. The molecular formula is C26H40FN7O4. The molecule has 1 saturated heterocycles. The first-order valence-electron chi connectivity index (χ1n) is 12.2. The molecule has 38 heavy (non-hydrogen) atoms. The Morgan fingerprint density at radius 1 is 1.24 bits per heavy atom. The first-order chi connectivity index (χ1) is 18.3. The molecule has 0 radical (unpaired) electrons. The molecule has 3 rings (SSSR count). The van der Waals surface area contributed by atoms with E-state index in [0.717, 1.165) is 30.1 Å². The monoisotopic (exact) mass is 533 g/mol. The van der Waals surface area contributed by atoms with Crippen LogP contribution in [0.2, 0.25) is 0 Å². The molecule has 0 bridgehead atoms. The van der Waals surface area contributed by atoms with E-state index in [4.69, 9.17) is 21.1 Å². The van der Waals surface area contributed by atoms with Gasteiger partial charge in [0.05, 0.1) is 30.6 Å². The quantitative estimate of drug-likeness (QED) is 0.129. The summed E-state index contributed by atoms with van der Waals surface area (Å²) in [5, 5.41) is 4.75. The minimum absolute atomic E-state index is 0.122. The molecule has 0 aliphatic carbocycles. The van der Waals surface area contributed by atoms with Gasteiger partial charge < -0.3 is 30.7 Å². The lowest BCUT2D eigenvalue weighted by molar-refractivity contribution is -0.107. The van der Waals surface area contributed by atoms with Gasteiger partial charge in [-0.2, -0.15) is 0 Å². The number of hydrazone groups is 1. The third-order valence-electron chi connectivity index (χ3n) is 5.40. The zero-order valence-electron chi connectivity index (χ0n) is 22.5. The van der Waals surface area contributed by atoms with Crippen molar-refractivity contribution in [2.24, 2.45) is 22.4 Å². The molecule has 1 aliphatic heterocycles. The molecule has 1 fully saturated rings. The van der Waals surface area contributed by atoms with Crippen LogP contribution in [0, 0.1) is 5.82 Å². The average Bonchev–Trinajstić information content (AvgIpc) is 3.42. The van der Waals surface area contributed by atoms with Gasteiger partial charge in [0, 0.05) is 39.4 Å². The van der Waals surface area contributed by atoms with E-state index in [-0.39, 0.29) is 17.8 Å². The van der Waals surface area contributed by atoms with Crippen molar-refractivity contribution in [3.8, 4) is 5.75 Å². The van der Waals surface area contributed by atoms with Crippen LogP contribution in [0.25, 0.3) is 0 Å². The summed E-state index contributed by atoms with van der Waals surface area (Å²) in [6.45, 7) is 4.33. The van der Waals surface area contributed by atoms with Crippen LogP contribution < -0.4 is 31.8 Å². The highest BCUT2D eigenvalue weighted by Crippen LogP contribution is 2.36. The predicted molar refractivity (Wildman–Crippen MR) is 148 cm³/mol. The fraction of sp³-hybridized carbons (Fsp3) is 0.423. The Kier molecular flexibility index (Phi) is 15.0. The summed E-state index contributed by atoms with van der Waals surface area (Å²) in [6, 6.07) is 12.6. The molecule has 2 aromatic rings. The summed E-state index contributed by atoms with van der Waals surface area (Å²) in [4.78, 5) is 24.4. The molecule has 12 heteroatoms. The van der Waals surface area contributed by atoms with Crippen molar-refractivity contribution in [2.75, 3.05) is 50.7 Å². The minimum atomic E-state index is -0.357. The van der Waals surface area contributed by atoms with Crippen LogP contribution in [0.1, 0.15) is 25.3 Å². The predicted octanol–water partition coefficient (Wildman–Crippen LogP) is 1.84. The molecular weight excluding hydrogens is 493 g/mol. The van der Waals surface area contributed by atoms with Crippen LogP contribution in [0.15, 0.2) is 47.6 Å². The summed E-state index contributed by atoms with van der Waals surface area (Å²) in [7, 11) is 4.75. The number of hydrogen-bond acceptors (Lipinski definition) is 9. The number of amides is 1. The number of ether oxygens (including phenoxy) is 2. The number of nitrogens with zero attached hydrogens (tertiary/aromatic N) is 4. The molecule has 210 valence electrons. The molecule has 1 amide bonds. The van der Waals surface area contributed by atoms with E-state index in [1.807, 2.05) is 42.2 Å². The number of anilines is 2. The molecule has 1 heterocycles. The Balaban J connectivity index is 0.000000389. The summed E-state index contributed by atoms with van der Waals surface area (Å²) >= 11 is 0. The lowest BCUT2D eigenvalue weighted by Gasteiger charge is -2.23. The fourth-order valence-electron chi connectivity index (χ4n) is 3.55. The minimum Gasteiger partial charge on any atom is -0.491 e. The van der Waals surface area contributed by atoms with E-state index < -0.39 is 0 Å². The van der Waals surface area contributed by atoms with Gasteiger partial charge in [-0.15, -0.1) is 5.10 Å². The average molecular weight is 534 g/mol. The normalized spacial score (nSPS) is 14.4. The van der Waals surface area contributed by atoms with Crippen LogP contribution in [0.3, 0.4) is 0 Å². The summed E-state index contributed by atoms with van der Waals surface area (Å²) in [6.07, 6.45) is 2.93. The van der Waals surface area contributed by atoms with Gasteiger partial charge in [0.15, 0.2) is 12.1 Å². The zero-order chi connectivity index (χ0) is 28.5. The topological polar surface area (TPSA) is 153 Å². The van der Waals surface area contributed by atoms with Crippen LogP contribution >= 0.6 is 0 Å². The van der Waals surface area contributed by atoms with Gasteiger partial charge in [-0.25, -0.2) is 15.4 Å². The van der Waals surface area contributed by atoms with Crippen molar-refractivity contribution >= 4 is 29.9 Å². The maximum absolute atomic E-state index is 14.5. The lowest BCUT2D eigenvalue weighted by atomic mass is 10.2. The molecule has 0 saturated carbocycles. The molecule has 11 nitrogen and oxygen atoms in total. The number of carbonyl (C=O) groups is 2. The summed E-state index contributed by atoms with van der Waals surface area (Å²) < 4.78 is 25.5. The van der Waals surface area contributed by atoms with Gasteiger partial charge in [0.1, 0.15) is 11.6 Å². The number of halogens is 1. The van der Waals surface area contributed by atoms with Crippen molar-refractivity contribution in [3.05, 3.63) is 53.8 Å².